The van der Waals surface area contributed by atoms with Crippen LogP contribution in [0.3, 0.4) is 0 Å². The number of nitrogens with zero attached hydrogens (tertiary/aromatic N) is 5. The van der Waals surface area contributed by atoms with Gasteiger partial charge in [0.1, 0.15) is 5.56 Å². The first-order valence-corrected chi connectivity index (χ1v) is 7.75. The monoisotopic (exact) mass is 346 g/mol. The smallest absolute Gasteiger partial charge is 0.346 e. The quantitative estimate of drug-likeness (QED) is 0.752. The summed E-state index contributed by atoms with van der Waals surface area (Å²) in [6.45, 7) is 3.45. The zero-order chi connectivity index (χ0) is 17.8. The molecule has 0 atom stereocenters. The maximum atomic E-state index is 12.2. The summed E-state index contributed by atoms with van der Waals surface area (Å²) in [6.07, 6.45) is 3.36. The van der Waals surface area contributed by atoms with Gasteiger partial charge in [-0.05, 0) is 13.0 Å². The number of rotatable bonds is 4. The van der Waals surface area contributed by atoms with E-state index >= 15 is 0 Å². The maximum Gasteiger partial charge on any atom is 0.346 e. The first kappa shape index (κ1) is 16.7. The van der Waals surface area contributed by atoms with Gasteiger partial charge in [0.05, 0.1) is 5.69 Å². The third-order valence-electron chi connectivity index (χ3n) is 3.89. The summed E-state index contributed by atoms with van der Waals surface area (Å²) >= 11 is 0. The highest BCUT2D eigenvalue weighted by Gasteiger charge is 2.25. The molecule has 25 heavy (non-hydrogen) atoms. The third kappa shape index (κ3) is 3.67. The Balaban J connectivity index is 1.49. The largest absolute Gasteiger partial charge is 0.452 e. The van der Waals surface area contributed by atoms with E-state index in [4.69, 9.17) is 15.0 Å². The molecule has 3 heterocycles. The molecule has 1 aliphatic heterocycles. The molecule has 0 aliphatic carbocycles. The Labute approximate surface area is 143 Å². The molecular formula is C15H18N6O4. The van der Waals surface area contributed by atoms with Gasteiger partial charge in [0.25, 0.3) is 5.91 Å². The molecule has 10 nitrogen and oxygen atoms in total. The van der Waals surface area contributed by atoms with E-state index in [2.05, 4.69) is 15.1 Å². The van der Waals surface area contributed by atoms with E-state index in [0.29, 0.717) is 37.8 Å². The van der Waals surface area contributed by atoms with Crippen LogP contribution in [0.1, 0.15) is 16.1 Å². The van der Waals surface area contributed by atoms with Crippen LogP contribution in [0.5, 0.6) is 0 Å². The number of piperazine rings is 1. The van der Waals surface area contributed by atoms with Crippen molar-refractivity contribution in [2.75, 3.05) is 43.4 Å². The average Bonchev–Trinajstić information content (AvgIpc) is 2.99. The Kier molecular flexibility index (Phi) is 4.78. The summed E-state index contributed by atoms with van der Waals surface area (Å²) in [5.74, 6) is -0.471. The zero-order valence-corrected chi connectivity index (χ0v) is 13.7. The summed E-state index contributed by atoms with van der Waals surface area (Å²) in [7, 11) is 0. The molecule has 3 rings (SSSR count). The lowest BCUT2D eigenvalue weighted by Crippen LogP contribution is -2.50. The molecule has 0 unspecified atom stereocenters. The summed E-state index contributed by atoms with van der Waals surface area (Å²) in [5, 5.41) is 3.58. The van der Waals surface area contributed by atoms with Gasteiger partial charge >= 0.3 is 5.97 Å². The summed E-state index contributed by atoms with van der Waals surface area (Å²) in [6, 6.07) is 1.75. The number of carbonyl (C=O) groups excluding carboxylic acids is 2. The van der Waals surface area contributed by atoms with Crippen molar-refractivity contribution in [3.05, 3.63) is 29.7 Å². The molecule has 2 N–H and O–H groups in total. The van der Waals surface area contributed by atoms with Gasteiger partial charge in [-0.3, -0.25) is 4.79 Å². The molecular weight excluding hydrogens is 328 g/mol. The number of amides is 1. The molecule has 0 saturated carbocycles. The lowest BCUT2D eigenvalue weighted by molar-refractivity contribution is -0.134. The van der Waals surface area contributed by atoms with E-state index in [9.17, 15) is 9.59 Å². The number of aromatic nitrogens is 3. The molecule has 1 amide bonds. The number of nitrogens with two attached hydrogens (primary N) is 1. The van der Waals surface area contributed by atoms with Crippen LogP contribution in [-0.2, 0) is 9.53 Å². The predicted octanol–water partition coefficient (Wildman–Crippen LogP) is -0.139. The summed E-state index contributed by atoms with van der Waals surface area (Å²) in [4.78, 5) is 36.2. The second-order valence-electron chi connectivity index (χ2n) is 5.50. The van der Waals surface area contributed by atoms with Gasteiger partial charge in [-0.2, -0.15) is 0 Å². The van der Waals surface area contributed by atoms with Crippen LogP contribution in [0.15, 0.2) is 23.0 Å². The van der Waals surface area contributed by atoms with E-state index in [1.165, 1.54) is 0 Å². The molecule has 1 saturated heterocycles. The minimum Gasteiger partial charge on any atom is -0.452 e. The molecule has 1 fully saturated rings. The van der Waals surface area contributed by atoms with Crippen LogP contribution in [0, 0.1) is 6.92 Å². The normalized spacial score (nSPS) is 14.4. The molecule has 1 aliphatic rings. The van der Waals surface area contributed by atoms with Crippen LogP contribution in [0.4, 0.5) is 11.8 Å². The van der Waals surface area contributed by atoms with Crippen LogP contribution >= 0.6 is 0 Å². The van der Waals surface area contributed by atoms with Gasteiger partial charge in [-0.25, -0.2) is 14.8 Å². The first-order chi connectivity index (χ1) is 12.1. The zero-order valence-electron chi connectivity index (χ0n) is 13.7. The lowest BCUT2D eigenvalue weighted by atomic mass is 10.2. The topological polar surface area (TPSA) is 128 Å². The second kappa shape index (κ2) is 7.16. The van der Waals surface area contributed by atoms with Crippen LogP contribution < -0.4 is 10.6 Å². The minimum absolute atomic E-state index is 0.0545. The Morgan fingerprint density at radius 3 is 2.52 bits per heavy atom. The van der Waals surface area contributed by atoms with Gasteiger partial charge in [0.15, 0.2) is 6.61 Å². The van der Waals surface area contributed by atoms with Crippen LogP contribution in [0.25, 0.3) is 0 Å². The number of hydrogen-bond acceptors (Lipinski definition) is 9. The van der Waals surface area contributed by atoms with Crippen molar-refractivity contribution >= 4 is 23.7 Å². The maximum absolute atomic E-state index is 12.2. The number of ether oxygens (including phenoxy) is 1. The van der Waals surface area contributed by atoms with E-state index < -0.39 is 5.97 Å². The van der Waals surface area contributed by atoms with Crippen molar-refractivity contribution in [1.82, 2.24) is 20.0 Å². The molecule has 10 heteroatoms. The van der Waals surface area contributed by atoms with E-state index in [0.717, 1.165) is 0 Å². The highest BCUT2D eigenvalue weighted by molar-refractivity contribution is 5.96. The lowest BCUT2D eigenvalue weighted by Gasteiger charge is -2.34. The van der Waals surface area contributed by atoms with Gasteiger partial charge in [0.2, 0.25) is 11.8 Å². The number of hydrogen-bond donors (Lipinski definition) is 1. The minimum atomic E-state index is -0.721. The van der Waals surface area contributed by atoms with Crippen molar-refractivity contribution < 1.29 is 18.8 Å². The molecule has 0 spiro atoms. The molecule has 2 aromatic rings. The fourth-order valence-corrected chi connectivity index (χ4v) is 2.54. The standard InChI is InChI=1S/C15H18N6O4/c1-10-12(13(16)25-19-10)14(23)24-9-11(22)20-5-7-21(8-6-20)15-17-3-2-4-18-15/h2-4H,5-9,16H2,1H3. The molecule has 132 valence electrons. The van der Waals surface area contributed by atoms with E-state index in [1.807, 2.05) is 4.90 Å². The van der Waals surface area contributed by atoms with Gasteiger partial charge in [-0.15, -0.1) is 0 Å². The average molecular weight is 346 g/mol. The molecule has 0 aromatic carbocycles. The van der Waals surface area contributed by atoms with Gasteiger partial charge in [-0.1, -0.05) is 5.16 Å². The van der Waals surface area contributed by atoms with Crippen LogP contribution in [-0.4, -0.2) is 64.7 Å². The molecule has 0 bridgehead atoms. The second-order valence-corrected chi connectivity index (χ2v) is 5.50. The number of anilines is 2. The SMILES string of the molecule is Cc1noc(N)c1C(=O)OCC(=O)N1CCN(c2ncccn2)CC1. The third-order valence-corrected chi connectivity index (χ3v) is 3.89. The van der Waals surface area contributed by atoms with Gasteiger partial charge < -0.3 is 24.8 Å². The van der Waals surface area contributed by atoms with Crippen molar-refractivity contribution in [2.45, 2.75) is 6.92 Å². The van der Waals surface area contributed by atoms with E-state index in [-0.39, 0.29) is 24.0 Å². The Bertz CT molecular complexity index is 735. The fraction of sp³-hybridized carbons (Fsp3) is 0.400. The van der Waals surface area contributed by atoms with Gasteiger partial charge in [0, 0.05) is 38.6 Å². The number of carbonyl (C=O) groups is 2. The Morgan fingerprint density at radius 1 is 1.24 bits per heavy atom. The highest BCUT2D eigenvalue weighted by atomic mass is 16.5. The fourth-order valence-electron chi connectivity index (χ4n) is 2.54. The summed E-state index contributed by atoms with van der Waals surface area (Å²) < 4.78 is 9.73. The number of esters is 1. The highest BCUT2D eigenvalue weighted by Crippen LogP contribution is 2.16. The Morgan fingerprint density at radius 2 is 1.92 bits per heavy atom. The van der Waals surface area contributed by atoms with Crippen LogP contribution in [0.2, 0.25) is 0 Å². The molecule has 0 radical (unpaired) electrons. The Hall–Kier alpha value is -3.17. The van der Waals surface area contributed by atoms with Crippen molar-refractivity contribution in [1.29, 1.82) is 0 Å². The van der Waals surface area contributed by atoms with Crippen molar-refractivity contribution in [3.63, 3.8) is 0 Å². The first-order valence-electron chi connectivity index (χ1n) is 7.75. The number of nitrogen functional groups attached to an aromatic ring is 1. The van der Waals surface area contributed by atoms with Crippen molar-refractivity contribution in [2.24, 2.45) is 0 Å². The number of aryl methyl sites for hydroxylation is 1. The summed E-state index contributed by atoms with van der Waals surface area (Å²) in [5.41, 5.74) is 5.90. The van der Waals surface area contributed by atoms with E-state index in [1.54, 1.807) is 30.3 Å². The molecule has 2 aromatic heterocycles. The predicted molar refractivity (Wildman–Crippen MR) is 86.8 cm³/mol. The van der Waals surface area contributed by atoms with Crippen molar-refractivity contribution in [3.8, 4) is 0 Å².